The SMILES string of the molecule is COc1cc(/C=C/c2c(F)cc(F)cc2F)cc(OC)c1C(C)C. The van der Waals surface area contributed by atoms with E-state index in [-0.39, 0.29) is 11.5 Å². The van der Waals surface area contributed by atoms with E-state index in [1.54, 1.807) is 26.4 Å². The van der Waals surface area contributed by atoms with Crippen LogP contribution in [-0.4, -0.2) is 14.2 Å². The number of ether oxygens (including phenoxy) is 2. The van der Waals surface area contributed by atoms with Crippen molar-refractivity contribution in [2.24, 2.45) is 0 Å². The lowest BCUT2D eigenvalue weighted by Crippen LogP contribution is -1.99. The molecule has 128 valence electrons. The van der Waals surface area contributed by atoms with Gasteiger partial charge in [0.15, 0.2) is 0 Å². The van der Waals surface area contributed by atoms with Crippen LogP contribution in [-0.2, 0) is 0 Å². The number of benzene rings is 2. The van der Waals surface area contributed by atoms with Crippen molar-refractivity contribution in [1.29, 1.82) is 0 Å². The molecule has 0 N–H and O–H groups in total. The Morgan fingerprint density at radius 3 is 1.75 bits per heavy atom. The maximum atomic E-state index is 13.7. The molecule has 0 bridgehead atoms. The molecule has 24 heavy (non-hydrogen) atoms. The molecular weight excluding hydrogens is 317 g/mol. The highest BCUT2D eigenvalue weighted by Crippen LogP contribution is 2.37. The molecule has 0 unspecified atom stereocenters. The molecule has 2 rings (SSSR count). The Morgan fingerprint density at radius 2 is 1.33 bits per heavy atom. The van der Waals surface area contributed by atoms with Gasteiger partial charge in [-0.2, -0.15) is 0 Å². The fourth-order valence-electron chi connectivity index (χ4n) is 2.52. The lowest BCUT2D eigenvalue weighted by Gasteiger charge is -2.17. The molecule has 2 aromatic rings. The van der Waals surface area contributed by atoms with E-state index in [2.05, 4.69) is 0 Å². The fourth-order valence-corrected chi connectivity index (χ4v) is 2.52. The van der Waals surface area contributed by atoms with E-state index in [0.29, 0.717) is 29.2 Å². The predicted molar refractivity (Wildman–Crippen MR) is 88.9 cm³/mol. The minimum atomic E-state index is -0.957. The Morgan fingerprint density at radius 1 is 0.833 bits per heavy atom. The molecule has 0 heterocycles. The lowest BCUT2D eigenvalue weighted by molar-refractivity contribution is 0.382. The smallest absolute Gasteiger partial charge is 0.136 e. The van der Waals surface area contributed by atoms with Crippen LogP contribution in [0, 0.1) is 17.5 Å². The summed E-state index contributed by atoms with van der Waals surface area (Å²) in [6.45, 7) is 4.03. The zero-order valence-corrected chi connectivity index (χ0v) is 14.0. The van der Waals surface area contributed by atoms with Crippen molar-refractivity contribution >= 4 is 12.2 Å². The highest BCUT2D eigenvalue weighted by Gasteiger charge is 2.15. The van der Waals surface area contributed by atoms with Crippen LogP contribution in [0.3, 0.4) is 0 Å². The molecule has 0 spiro atoms. The van der Waals surface area contributed by atoms with Crippen molar-refractivity contribution in [3.05, 3.63) is 58.4 Å². The maximum Gasteiger partial charge on any atom is 0.136 e. The van der Waals surface area contributed by atoms with Crippen LogP contribution in [0.4, 0.5) is 13.2 Å². The minimum Gasteiger partial charge on any atom is -0.496 e. The second-order valence-electron chi connectivity index (χ2n) is 5.61. The van der Waals surface area contributed by atoms with Crippen molar-refractivity contribution in [1.82, 2.24) is 0 Å². The van der Waals surface area contributed by atoms with E-state index in [1.165, 1.54) is 12.2 Å². The molecule has 5 heteroatoms. The molecule has 2 aromatic carbocycles. The first-order valence-electron chi connectivity index (χ1n) is 7.46. The van der Waals surface area contributed by atoms with Gasteiger partial charge < -0.3 is 9.47 Å². The van der Waals surface area contributed by atoms with Crippen molar-refractivity contribution in [3.8, 4) is 11.5 Å². The molecule has 2 nitrogen and oxygen atoms in total. The van der Waals surface area contributed by atoms with Gasteiger partial charge >= 0.3 is 0 Å². The van der Waals surface area contributed by atoms with E-state index in [9.17, 15) is 13.2 Å². The molecule has 0 aliphatic heterocycles. The van der Waals surface area contributed by atoms with Gasteiger partial charge in [0.2, 0.25) is 0 Å². The Bertz CT molecular complexity index is 719. The third-order valence-electron chi connectivity index (χ3n) is 3.63. The highest BCUT2D eigenvalue weighted by molar-refractivity contribution is 5.72. The number of halogens is 3. The van der Waals surface area contributed by atoms with E-state index >= 15 is 0 Å². The average Bonchev–Trinajstić information content (AvgIpc) is 2.52. The van der Waals surface area contributed by atoms with Gasteiger partial charge in [0.05, 0.1) is 14.2 Å². The Hall–Kier alpha value is -2.43. The van der Waals surface area contributed by atoms with Crippen molar-refractivity contribution in [3.63, 3.8) is 0 Å². The number of rotatable bonds is 5. The van der Waals surface area contributed by atoms with E-state index in [1.807, 2.05) is 13.8 Å². The van der Waals surface area contributed by atoms with E-state index in [4.69, 9.17) is 9.47 Å². The van der Waals surface area contributed by atoms with Crippen LogP contribution >= 0.6 is 0 Å². The zero-order chi connectivity index (χ0) is 17.9. The maximum absolute atomic E-state index is 13.7. The zero-order valence-electron chi connectivity index (χ0n) is 14.0. The van der Waals surface area contributed by atoms with E-state index < -0.39 is 17.5 Å². The summed E-state index contributed by atoms with van der Waals surface area (Å²) in [5.74, 6) is -1.43. The molecular formula is C19H19F3O2. The van der Waals surface area contributed by atoms with Crippen molar-refractivity contribution < 1.29 is 22.6 Å². The summed E-state index contributed by atoms with van der Waals surface area (Å²) < 4.78 is 51.1. The topological polar surface area (TPSA) is 18.5 Å². The first-order valence-corrected chi connectivity index (χ1v) is 7.46. The highest BCUT2D eigenvalue weighted by atomic mass is 19.1. The number of hydrogen-bond acceptors (Lipinski definition) is 2. The summed E-state index contributed by atoms with van der Waals surface area (Å²) >= 11 is 0. The van der Waals surface area contributed by atoms with E-state index in [0.717, 1.165) is 5.56 Å². The molecule has 0 aromatic heterocycles. The molecule has 0 aliphatic carbocycles. The average molecular weight is 336 g/mol. The monoisotopic (exact) mass is 336 g/mol. The van der Waals surface area contributed by atoms with Crippen molar-refractivity contribution in [2.75, 3.05) is 14.2 Å². The summed E-state index contributed by atoms with van der Waals surface area (Å²) in [5, 5.41) is 0. The summed E-state index contributed by atoms with van der Waals surface area (Å²) in [4.78, 5) is 0. The summed E-state index contributed by atoms with van der Waals surface area (Å²) in [6.07, 6.45) is 2.78. The Balaban J connectivity index is 2.47. The molecule has 0 radical (unpaired) electrons. The first kappa shape index (κ1) is 17.9. The molecule has 0 atom stereocenters. The van der Waals surface area contributed by atoms with Gasteiger partial charge in [-0.1, -0.05) is 19.9 Å². The number of methoxy groups -OCH3 is 2. The molecule has 0 aliphatic rings. The van der Waals surface area contributed by atoms with Gasteiger partial charge in [0, 0.05) is 23.3 Å². The van der Waals surface area contributed by atoms with Crippen LogP contribution in [0.1, 0.15) is 36.5 Å². The predicted octanol–water partition coefficient (Wildman–Crippen LogP) is 5.41. The van der Waals surface area contributed by atoms with Crippen LogP contribution in [0.25, 0.3) is 12.2 Å². The van der Waals surface area contributed by atoms with Crippen LogP contribution in [0.5, 0.6) is 11.5 Å². The van der Waals surface area contributed by atoms with Crippen LogP contribution in [0.2, 0.25) is 0 Å². The summed E-state index contributed by atoms with van der Waals surface area (Å²) in [7, 11) is 3.10. The van der Waals surface area contributed by atoms with Gasteiger partial charge in [-0.15, -0.1) is 0 Å². The van der Waals surface area contributed by atoms with Crippen LogP contribution in [0.15, 0.2) is 24.3 Å². The quantitative estimate of drug-likeness (QED) is 0.679. The standard InChI is InChI=1S/C19H19F3O2/c1-11(2)19-17(23-3)7-12(8-18(19)24-4)5-6-14-15(21)9-13(20)10-16(14)22/h5-11H,1-4H3/b6-5+. The first-order chi connectivity index (χ1) is 11.4. The second kappa shape index (κ2) is 7.43. The van der Waals surface area contributed by atoms with Gasteiger partial charge in [0.25, 0.3) is 0 Å². The number of hydrogen-bond donors (Lipinski definition) is 0. The fraction of sp³-hybridized carbons (Fsp3) is 0.263. The molecule has 0 amide bonds. The van der Waals surface area contributed by atoms with Crippen LogP contribution < -0.4 is 9.47 Å². The van der Waals surface area contributed by atoms with Gasteiger partial charge in [-0.25, -0.2) is 13.2 Å². The lowest BCUT2D eigenvalue weighted by atomic mass is 9.98. The van der Waals surface area contributed by atoms with Crippen molar-refractivity contribution in [2.45, 2.75) is 19.8 Å². The normalized spacial score (nSPS) is 11.3. The Labute approximate surface area is 139 Å². The second-order valence-corrected chi connectivity index (χ2v) is 5.61. The third kappa shape index (κ3) is 3.72. The molecule has 0 fully saturated rings. The van der Waals surface area contributed by atoms with Gasteiger partial charge in [-0.05, 0) is 29.7 Å². The van der Waals surface area contributed by atoms with Gasteiger partial charge in [0.1, 0.15) is 29.0 Å². The third-order valence-corrected chi connectivity index (χ3v) is 3.63. The largest absolute Gasteiger partial charge is 0.496 e. The Kier molecular flexibility index (Phi) is 5.54. The minimum absolute atomic E-state index is 0.180. The summed E-state index contributed by atoms with van der Waals surface area (Å²) in [5.41, 5.74) is 1.26. The molecule has 0 saturated carbocycles. The summed E-state index contributed by atoms with van der Waals surface area (Å²) in [6, 6.07) is 4.80. The molecule has 0 saturated heterocycles. The van der Waals surface area contributed by atoms with Gasteiger partial charge in [-0.3, -0.25) is 0 Å².